The Morgan fingerprint density at radius 1 is 0.903 bits per heavy atom. The lowest BCUT2D eigenvalue weighted by Gasteiger charge is -2.11. The van der Waals surface area contributed by atoms with Gasteiger partial charge in [0.05, 0.1) is 12.8 Å². The number of methoxy groups -OCH3 is 1. The predicted octanol–water partition coefficient (Wildman–Crippen LogP) is 5.09. The van der Waals surface area contributed by atoms with Crippen molar-refractivity contribution >= 4 is 23.2 Å². The second-order valence-corrected chi connectivity index (χ2v) is 7.30. The van der Waals surface area contributed by atoms with E-state index in [-0.39, 0.29) is 18.4 Å². The van der Waals surface area contributed by atoms with Crippen LogP contribution in [0, 0.1) is 0 Å². The van der Waals surface area contributed by atoms with Gasteiger partial charge in [0, 0.05) is 11.3 Å². The number of hydrogen-bond donors (Lipinski definition) is 2. The Hall–Kier alpha value is -3.80. The summed E-state index contributed by atoms with van der Waals surface area (Å²) < 4.78 is 10.8. The van der Waals surface area contributed by atoms with Gasteiger partial charge in [-0.15, -0.1) is 0 Å². The second-order valence-electron chi connectivity index (χ2n) is 7.30. The first-order valence-corrected chi connectivity index (χ1v) is 10.0. The summed E-state index contributed by atoms with van der Waals surface area (Å²) in [5, 5.41) is 5.59. The molecule has 2 N–H and O–H groups in total. The van der Waals surface area contributed by atoms with Gasteiger partial charge in [0.15, 0.2) is 6.61 Å². The van der Waals surface area contributed by atoms with Crippen LogP contribution in [0.25, 0.3) is 0 Å². The van der Waals surface area contributed by atoms with Gasteiger partial charge in [0.2, 0.25) is 0 Å². The molecule has 0 fully saturated rings. The van der Waals surface area contributed by atoms with Gasteiger partial charge in [-0.2, -0.15) is 0 Å². The number of anilines is 2. The van der Waals surface area contributed by atoms with Crippen LogP contribution in [0.1, 0.15) is 35.7 Å². The molecule has 6 heteroatoms. The van der Waals surface area contributed by atoms with Gasteiger partial charge in [-0.05, 0) is 60.0 Å². The number of carbonyl (C=O) groups is 2. The van der Waals surface area contributed by atoms with Crippen LogP contribution >= 0.6 is 0 Å². The largest absolute Gasteiger partial charge is 0.495 e. The summed E-state index contributed by atoms with van der Waals surface area (Å²) in [6, 6.07) is 21.5. The highest BCUT2D eigenvalue weighted by Gasteiger charge is 2.10. The number of hydrogen-bond acceptors (Lipinski definition) is 4. The van der Waals surface area contributed by atoms with Crippen LogP contribution < -0.4 is 20.1 Å². The predicted molar refractivity (Wildman–Crippen MR) is 122 cm³/mol. The molecule has 31 heavy (non-hydrogen) atoms. The highest BCUT2D eigenvalue weighted by atomic mass is 16.5. The molecule has 0 saturated carbocycles. The average molecular weight is 418 g/mol. The zero-order valence-corrected chi connectivity index (χ0v) is 17.8. The molecule has 3 rings (SSSR count). The van der Waals surface area contributed by atoms with Gasteiger partial charge in [-0.3, -0.25) is 9.59 Å². The highest BCUT2D eigenvalue weighted by Crippen LogP contribution is 2.24. The molecule has 0 bridgehead atoms. The molecular weight excluding hydrogens is 392 g/mol. The van der Waals surface area contributed by atoms with E-state index in [1.165, 1.54) is 0 Å². The van der Waals surface area contributed by atoms with E-state index in [0.717, 1.165) is 5.56 Å². The lowest BCUT2D eigenvalue weighted by atomic mass is 10.0. The fourth-order valence-electron chi connectivity index (χ4n) is 2.96. The van der Waals surface area contributed by atoms with Crippen molar-refractivity contribution in [3.05, 3.63) is 83.9 Å². The number of para-hydroxylation sites is 2. The normalized spacial score (nSPS) is 10.5. The minimum atomic E-state index is -0.277. The highest BCUT2D eigenvalue weighted by molar-refractivity contribution is 6.05. The van der Waals surface area contributed by atoms with Crippen molar-refractivity contribution in [3.8, 4) is 11.5 Å². The lowest BCUT2D eigenvalue weighted by Crippen LogP contribution is -2.20. The first-order chi connectivity index (χ1) is 15.0. The number of ether oxygens (including phenoxy) is 2. The first kappa shape index (κ1) is 21.9. The minimum Gasteiger partial charge on any atom is -0.495 e. The fourth-order valence-corrected chi connectivity index (χ4v) is 2.96. The summed E-state index contributed by atoms with van der Waals surface area (Å²) in [5.41, 5.74) is 2.79. The van der Waals surface area contributed by atoms with Crippen LogP contribution in [0.3, 0.4) is 0 Å². The van der Waals surface area contributed by atoms with Crippen LogP contribution in [-0.2, 0) is 4.79 Å². The standard InChI is InChI=1S/C25H26N2O4/c1-17(2)19-7-6-8-21(15-19)31-16-24(28)26-20-13-11-18(12-14-20)25(29)27-22-9-4-5-10-23(22)30-3/h4-15,17H,16H2,1-3H3,(H,26,28)(H,27,29). The number of rotatable bonds is 8. The van der Waals surface area contributed by atoms with Crippen molar-refractivity contribution in [2.45, 2.75) is 19.8 Å². The van der Waals surface area contributed by atoms with E-state index < -0.39 is 0 Å². The molecule has 3 aromatic carbocycles. The average Bonchev–Trinajstić information content (AvgIpc) is 2.78. The Labute approximate surface area is 182 Å². The maximum Gasteiger partial charge on any atom is 0.262 e. The van der Waals surface area contributed by atoms with E-state index in [4.69, 9.17) is 9.47 Å². The Bertz CT molecular complexity index is 1050. The van der Waals surface area contributed by atoms with Crippen molar-refractivity contribution in [2.75, 3.05) is 24.4 Å². The van der Waals surface area contributed by atoms with Crippen LogP contribution in [0.2, 0.25) is 0 Å². The Morgan fingerprint density at radius 2 is 1.65 bits per heavy atom. The van der Waals surface area contributed by atoms with E-state index in [9.17, 15) is 9.59 Å². The van der Waals surface area contributed by atoms with Gasteiger partial charge in [0.1, 0.15) is 11.5 Å². The molecule has 2 amide bonds. The van der Waals surface area contributed by atoms with E-state index in [2.05, 4.69) is 24.5 Å². The van der Waals surface area contributed by atoms with E-state index >= 15 is 0 Å². The summed E-state index contributed by atoms with van der Waals surface area (Å²) >= 11 is 0. The lowest BCUT2D eigenvalue weighted by molar-refractivity contribution is -0.118. The van der Waals surface area contributed by atoms with Crippen LogP contribution in [-0.4, -0.2) is 25.5 Å². The van der Waals surface area contributed by atoms with Crippen LogP contribution in [0.15, 0.2) is 72.8 Å². The van der Waals surface area contributed by atoms with Crippen molar-refractivity contribution in [3.63, 3.8) is 0 Å². The van der Waals surface area contributed by atoms with E-state index in [0.29, 0.717) is 34.4 Å². The number of nitrogens with one attached hydrogen (secondary N) is 2. The van der Waals surface area contributed by atoms with Gasteiger partial charge in [-0.25, -0.2) is 0 Å². The van der Waals surface area contributed by atoms with Crippen LogP contribution in [0.5, 0.6) is 11.5 Å². The third-order valence-electron chi connectivity index (χ3n) is 4.68. The third-order valence-corrected chi connectivity index (χ3v) is 4.68. The molecule has 0 spiro atoms. The molecule has 3 aromatic rings. The quantitative estimate of drug-likeness (QED) is 0.534. The zero-order valence-electron chi connectivity index (χ0n) is 17.8. The van der Waals surface area contributed by atoms with Gasteiger partial charge in [-0.1, -0.05) is 38.1 Å². The summed E-state index contributed by atoms with van der Waals surface area (Å²) in [7, 11) is 1.55. The molecule has 0 aromatic heterocycles. The molecular formula is C25H26N2O4. The SMILES string of the molecule is COc1ccccc1NC(=O)c1ccc(NC(=O)COc2cccc(C(C)C)c2)cc1. The smallest absolute Gasteiger partial charge is 0.262 e. The fraction of sp³-hybridized carbons (Fsp3) is 0.200. The summed E-state index contributed by atoms with van der Waals surface area (Å²) in [6.07, 6.45) is 0. The maximum atomic E-state index is 12.5. The van der Waals surface area contributed by atoms with E-state index in [1.54, 1.807) is 43.5 Å². The molecule has 0 aliphatic rings. The van der Waals surface area contributed by atoms with Crippen LogP contribution in [0.4, 0.5) is 11.4 Å². The molecule has 0 radical (unpaired) electrons. The van der Waals surface area contributed by atoms with Gasteiger partial charge in [0.25, 0.3) is 11.8 Å². The molecule has 0 atom stereocenters. The van der Waals surface area contributed by atoms with Gasteiger partial charge >= 0.3 is 0 Å². The molecule has 0 unspecified atom stereocenters. The summed E-state index contributed by atoms with van der Waals surface area (Å²) in [5.74, 6) is 1.08. The number of carbonyl (C=O) groups excluding carboxylic acids is 2. The van der Waals surface area contributed by atoms with Gasteiger partial charge < -0.3 is 20.1 Å². The molecule has 160 valence electrons. The second kappa shape index (κ2) is 10.3. The maximum absolute atomic E-state index is 12.5. The molecule has 0 heterocycles. The monoisotopic (exact) mass is 418 g/mol. The number of benzene rings is 3. The topological polar surface area (TPSA) is 76.7 Å². The molecule has 0 aliphatic carbocycles. The summed E-state index contributed by atoms with van der Waals surface area (Å²) in [4.78, 5) is 24.7. The zero-order chi connectivity index (χ0) is 22.2. The Morgan fingerprint density at radius 3 is 2.35 bits per heavy atom. The van der Waals surface area contributed by atoms with Crippen molar-refractivity contribution < 1.29 is 19.1 Å². The first-order valence-electron chi connectivity index (χ1n) is 10.0. The Balaban J connectivity index is 1.54. The summed E-state index contributed by atoms with van der Waals surface area (Å²) in [6.45, 7) is 4.11. The molecule has 0 saturated heterocycles. The minimum absolute atomic E-state index is 0.0996. The van der Waals surface area contributed by atoms with Crippen molar-refractivity contribution in [2.24, 2.45) is 0 Å². The Kier molecular flexibility index (Phi) is 7.27. The molecule has 0 aliphatic heterocycles. The third kappa shape index (κ3) is 6.09. The number of amides is 2. The van der Waals surface area contributed by atoms with Crippen molar-refractivity contribution in [1.82, 2.24) is 0 Å². The molecule has 6 nitrogen and oxygen atoms in total. The van der Waals surface area contributed by atoms with E-state index in [1.807, 2.05) is 36.4 Å². The van der Waals surface area contributed by atoms with Crippen molar-refractivity contribution in [1.29, 1.82) is 0 Å².